The highest BCUT2D eigenvalue weighted by atomic mass is 16.5. The molecular weight excluding hydrogens is 468 g/mol. The molecule has 1 saturated carbocycles. The zero-order chi connectivity index (χ0) is 25.2. The molecule has 190 valence electrons. The van der Waals surface area contributed by atoms with Crippen LogP contribution in [0.3, 0.4) is 0 Å². The van der Waals surface area contributed by atoms with Gasteiger partial charge in [-0.05, 0) is 49.1 Å². The van der Waals surface area contributed by atoms with Crippen molar-refractivity contribution in [1.29, 1.82) is 0 Å². The highest BCUT2D eigenvalue weighted by molar-refractivity contribution is 5.87. The Hall–Kier alpha value is -4.02. The van der Waals surface area contributed by atoms with Crippen LogP contribution in [0.2, 0.25) is 0 Å². The Labute approximate surface area is 214 Å². The summed E-state index contributed by atoms with van der Waals surface area (Å²) in [6.07, 6.45) is 5.00. The summed E-state index contributed by atoms with van der Waals surface area (Å²) < 4.78 is 7.64. The number of nitrogens with one attached hydrogen (secondary N) is 4. The second-order valence-electron chi connectivity index (χ2n) is 9.64. The van der Waals surface area contributed by atoms with Gasteiger partial charge in [0.25, 0.3) is 5.91 Å². The molecule has 10 heteroatoms. The van der Waals surface area contributed by atoms with Crippen LogP contribution in [0.25, 0.3) is 22.6 Å². The lowest BCUT2D eigenvalue weighted by Gasteiger charge is -2.26. The van der Waals surface area contributed by atoms with Crippen LogP contribution in [0.1, 0.15) is 30.7 Å². The zero-order valence-corrected chi connectivity index (χ0v) is 20.7. The first kappa shape index (κ1) is 23.4. The van der Waals surface area contributed by atoms with Gasteiger partial charge in [-0.15, -0.1) is 0 Å². The van der Waals surface area contributed by atoms with E-state index in [-0.39, 0.29) is 12.5 Å². The Balaban J connectivity index is 1.23. The molecule has 0 spiro atoms. The Bertz CT molecular complexity index is 1410. The third-order valence-corrected chi connectivity index (χ3v) is 6.96. The van der Waals surface area contributed by atoms with Gasteiger partial charge in [-0.1, -0.05) is 24.3 Å². The quantitative estimate of drug-likeness (QED) is 0.293. The van der Waals surface area contributed by atoms with Crippen LogP contribution in [0, 0.1) is 0 Å². The van der Waals surface area contributed by atoms with Crippen molar-refractivity contribution in [2.24, 2.45) is 7.05 Å². The number of aromatic nitrogens is 4. The molecule has 1 aliphatic heterocycles. The normalized spacial score (nSPS) is 16.0. The number of anilines is 2. The molecule has 0 bridgehead atoms. The molecule has 0 atom stereocenters. The number of aryl methyl sites for hydroxylation is 1. The molecule has 0 radical (unpaired) electrons. The summed E-state index contributed by atoms with van der Waals surface area (Å²) in [5.74, 6) is 2.13. The summed E-state index contributed by atoms with van der Waals surface area (Å²) in [5.41, 5.74) is 10.8. The Morgan fingerprint density at radius 3 is 2.68 bits per heavy atom. The lowest BCUT2D eigenvalue weighted by atomic mass is 9.93. The standard InChI is InChI=1S/C27H30N8O2/c1-35-16-28-24-26(32-21-10-8-17(9-11-21)19-13-29-30-14-19)33-25(34-27(24)35)18-4-2-7-22(12-18)37-15-23(36)31-20-5-3-6-20/h2,4,7-12,16,19-20,29-30H,3,5-6,13-15H2,1H3,(H,31,36)(H,32,33,34). The van der Waals surface area contributed by atoms with E-state index in [1.807, 2.05) is 35.9 Å². The predicted octanol–water partition coefficient (Wildman–Crippen LogP) is 3.01. The van der Waals surface area contributed by atoms with Crippen molar-refractivity contribution >= 4 is 28.6 Å². The number of amides is 1. The molecule has 2 aromatic carbocycles. The minimum absolute atomic E-state index is 0.0165. The van der Waals surface area contributed by atoms with E-state index in [2.05, 4.69) is 50.7 Å². The van der Waals surface area contributed by atoms with E-state index in [1.165, 1.54) is 12.0 Å². The van der Waals surface area contributed by atoms with Crippen LogP contribution in [-0.4, -0.2) is 51.2 Å². The number of rotatable bonds is 8. The minimum Gasteiger partial charge on any atom is -0.484 e. The second-order valence-corrected chi connectivity index (χ2v) is 9.64. The predicted molar refractivity (Wildman–Crippen MR) is 141 cm³/mol. The van der Waals surface area contributed by atoms with Crippen molar-refractivity contribution in [3.63, 3.8) is 0 Å². The maximum Gasteiger partial charge on any atom is 0.258 e. The molecule has 6 rings (SSSR count). The maximum absolute atomic E-state index is 12.2. The molecule has 1 aliphatic carbocycles. The SMILES string of the molecule is Cn1cnc2c(Nc3ccc(C4CNNC4)cc3)nc(-c3cccc(OCC(=O)NC4CCC4)c3)nc21. The van der Waals surface area contributed by atoms with Crippen LogP contribution in [-0.2, 0) is 11.8 Å². The van der Waals surface area contributed by atoms with Crippen LogP contribution < -0.4 is 26.2 Å². The van der Waals surface area contributed by atoms with Gasteiger partial charge in [-0.25, -0.2) is 15.0 Å². The van der Waals surface area contributed by atoms with Crippen LogP contribution in [0.5, 0.6) is 5.75 Å². The molecule has 2 fully saturated rings. The summed E-state index contributed by atoms with van der Waals surface area (Å²) in [4.78, 5) is 26.3. The fourth-order valence-electron chi connectivity index (χ4n) is 4.59. The van der Waals surface area contributed by atoms with Gasteiger partial charge in [0.15, 0.2) is 29.4 Å². The number of hydrogen-bond acceptors (Lipinski definition) is 8. The first-order chi connectivity index (χ1) is 18.1. The summed E-state index contributed by atoms with van der Waals surface area (Å²) in [6.45, 7) is 1.83. The molecular formula is C27H30N8O2. The number of benzene rings is 2. The minimum atomic E-state index is -0.0966. The highest BCUT2D eigenvalue weighted by Crippen LogP contribution is 2.29. The van der Waals surface area contributed by atoms with Crippen LogP contribution in [0.4, 0.5) is 11.5 Å². The Morgan fingerprint density at radius 1 is 1.11 bits per heavy atom. The molecule has 1 saturated heterocycles. The maximum atomic E-state index is 12.2. The lowest BCUT2D eigenvalue weighted by Crippen LogP contribution is -2.41. The van der Waals surface area contributed by atoms with E-state index in [0.717, 1.165) is 42.8 Å². The number of nitrogens with zero attached hydrogens (tertiary/aromatic N) is 4. The monoisotopic (exact) mass is 498 g/mol. The van der Waals surface area contributed by atoms with Gasteiger partial charge in [0.1, 0.15) is 5.75 Å². The largest absolute Gasteiger partial charge is 0.484 e. The van der Waals surface area contributed by atoms with E-state index in [0.29, 0.717) is 34.9 Å². The van der Waals surface area contributed by atoms with E-state index >= 15 is 0 Å². The number of imidazole rings is 1. The molecule has 4 aromatic rings. The van der Waals surface area contributed by atoms with Crippen molar-refractivity contribution in [2.75, 3.05) is 25.0 Å². The fraction of sp³-hybridized carbons (Fsp3) is 0.333. The number of carbonyl (C=O) groups is 1. The van der Waals surface area contributed by atoms with E-state index in [9.17, 15) is 4.79 Å². The van der Waals surface area contributed by atoms with Gasteiger partial charge in [-0.2, -0.15) is 0 Å². The zero-order valence-electron chi connectivity index (χ0n) is 20.7. The molecule has 2 aromatic heterocycles. The van der Waals surface area contributed by atoms with Crippen molar-refractivity contribution in [3.8, 4) is 17.1 Å². The Kier molecular flexibility index (Phi) is 6.42. The smallest absolute Gasteiger partial charge is 0.258 e. The van der Waals surface area contributed by atoms with Crippen molar-refractivity contribution < 1.29 is 9.53 Å². The van der Waals surface area contributed by atoms with Crippen LogP contribution >= 0.6 is 0 Å². The molecule has 3 heterocycles. The fourth-order valence-corrected chi connectivity index (χ4v) is 4.59. The van der Waals surface area contributed by atoms with Gasteiger partial charge in [0.2, 0.25) is 0 Å². The average Bonchev–Trinajstić information content (AvgIpc) is 3.56. The van der Waals surface area contributed by atoms with Gasteiger partial charge < -0.3 is 19.9 Å². The summed E-state index contributed by atoms with van der Waals surface area (Å²) in [5, 5.41) is 6.42. The van der Waals surface area contributed by atoms with E-state index in [1.54, 1.807) is 6.33 Å². The topological polar surface area (TPSA) is 118 Å². The average molecular weight is 499 g/mol. The first-order valence-corrected chi connectivity index (χ1v) is 12.7. The first-order valence-electron chi connectivity index (χ1n) is 12.7. The van der Waals surface area contributed by atoms with Gasteiger partial charge in [-0.3, -0.25) is 15.6 Å². The summed E-state index contributed by atoms with van der Waals surface area (Å²) in [6, 6.07) is 16.2. The van der Waals surface area contributed by atoms with Crippen molar-refractivity contribution in [1.82, 2.24) is 35.7 Å². The number of fused-ring (bicyclic) bond motifs is 1. The van der Waals surface area contributed by atoms with Gasteiger partial charge in [0.05, 0.1) is 6.33 Å². The number of carbonyl (C=O) groups excluding carboxylic acids is 1. The third-order valence-electron chi connectivity index (χ3n) is 6.96. The van der Waals surface area contributed by atoms with Crippen molar-refractivity contribution in [2.45, 2.75) is 31.2 Å². The molecule has 2 aliphatic rings. The summed E-state index contributed by atoms with van der Waals surface area (Å²) >= 11 is 0. The van der Waals surface area contributed by atoms with E-state index < -0.39 is 0 Å². The molecule has 4 N–H and O–H groups in total. The third kappa shape index (κ3) is 5.11. The highest BCUT2D eigenvalue weighted by Gasteiger charge is 2.20. The molecule has 10 nitrogen and oxygen atoms in total. The molecule has 1 amide bonds. The lowest BCUT2D eigenvalue weighted by molar-refractivity contribution is -0.124. The molecule has 0 unspecified atom stereocenters. The number of ether oxygens (including phenoxy) is 1. The van der Waals surface area contributed by atoms with Crippen molar-refractivity contribution in [3.05, 3.63) is 60.4 Å². The second kappa shape index (κ2) is 10.2. The molecule has 37 heavy (non-hydrogen) atoms. The Morgan fingerprint density at radius 2 is 1.92 bits per heavy atom. The van der Waals surface area contributed by atoms with Crippen LogP contribution in [0.15, 0.2) is 54.9 Å². The number of hydrogen-bond donors (Lipinski definition) is 4. The van der Waals surface area contributed by atoms with Gasteiger partial charge >= 0.3 is 0 Å². The summed E-state index contributed by atoms with van der Waals surface area (Å²) in [7, 11) is 1.91. The van der Waals surface area contributed by atoms with Gasteiger partial charge in [0, 0.05) is 43.3 Å². The number of hydrazine groups is 1. The van der Waals surface area contributed by atoms with E-state index in [4.69, 9.17) is 14.7 Å².